The smallest absolute Gasteiger partial charge is 0.224 e. The number of hydrogen-bond acceptors (Lipinski definition) is 3. The molecule has 5 heteroatoms. The SMILES string of the molecule is CCCN1CCC(=O)N([C@H](CSc2ccc(Br)cc2)c2ccccc2)CC1. The normalized spacial score (nSPS) is 17.0. The maximum Gasteiger partial charge on any atom is 0.224 e. The van der Waals surface area contributed by atoms with E-state index in [9.17, 15) is 4.79 Å². The lowest BCUT2D eigenvalue weighted by atomic mass is 10.1. The molecule has 1 atom stereocenters. The Morgan fingerprint density at radius 1 is 1.04 bits per heavy atom. The van der Waals surface area contributed by atoms with Crippen molar-refractivity contribution in [1.29, 1.82) is 0 Å². The molecule has 2 aromatic rings. The lowest BCUT2D eigenvalue weighted by molar-refractivity contribution is -0.132. The maximum atomic E-state index is 12.9. The predicted molar refractivity (Wildman–Crippen MR) is 117 cm³/mol. The summed E-state index contributed by atoms with van der Waals surface area (Å²) in [5.41, 5.74) is 1.22. The van der Waals surface area contributed by atoms with E-state index in [0.717, 1.165) is 42.8 Å². The number of rotatable bonds is 7. The van der Waals surface area contributed by atoms with Crippen LogP contribution in [0.25, 0.3) is 0 Å². The summed E-state index contributed by atoms with van der Waals surface area (Å²) in [6.07, 6.45) is 1.75. The van der Waals surface area contributed by atoms with Gasteiger partial charge in [-0.25, -0.2) is 0 Å². The first-order valence-corrected chi connectivity index (χ1v) is 11.4. The van der Waals surface area contributed by atoms with Gasteiger partial charge < -0.3 is 9.80 Å². The summed E-state index contributed by atoms with van der Waals surface area (Å²) >= 11 is 5.31. The lowest BCUT2D eigenvalue weighted by Gasteiger charge is -2.31. The van der Waals surface area contributed by atoms with Gasteiger partial charge in [-0.1, -0.05) is 53.2 Å². The van der Waals surface area contributed by atoms with Gasteiger partial charge in [0.1, 0.15) is 0 Å². The molecule has 0 unspecified atom stereocenters. The highest BCUT2D eigenvalue weighted by Crippen LogP contribution is 2.31. The fourth-order valence-corrected chi connectivity index (χ4v) is 4.82. The monoisotopic (exact) mass is 446 g/mol. The molecule has 1 heterocycles. The van der Waals surface area contributed by atoms with Crippen LogP contribution < -0.4 is 0 Å². The van der Waals surface area contributed by atoms with Gasteiger partial charge in [-0.05, 0) is 42.8 Å². The number of hydrogen-bond donors (Lipinski definition) is 0. The minimum absolute atomic E-state index is 0.105. The van der Waals surface area contributed by atoms with E-state index in [4.69, 9.17) is 0 Å². The third-order valence-corrected chi connectivity index (χ3v) is 6.56. The standard InChI is InChI=1S/C22H27BrN2OS/c1-2-13-24-14-12-22(26)25(16-15-24)21(18-6-4-3-5-7-18)17-27-20-10-8-19(23)9-11-20/h3-11,21H,2,12-17H2,1H3/t21-/m1/s1. The van der Waals surface area contributed by atoms with E-state index in [1.165, 1.54) is 10.5 Å². The van der Waals surface area contributed by atoms with Gasteiger partial charge in [0.15, 0.2) is 0 Å². The van der Waals surface area contributed by atoms with Crippen molar-refractivity contribution in [3.05, 3.63) is 64.6 Å². The first kappa shape index (κ1) is 20.4. The van der Waals surface area contributed by atoms with E-state index in [1.54, 1.807) is 0 Å². The van der Waals surface area contributed by atoms with Gasteiger partial charge in [0.25, 0.3) is 0 Å². The van der Waals surface area contributed by atoms with E-state index in [1.807, 2.05) is 17.8 Å². The molecule has 0 N–H and O–H groups in total. The first-order chi connectivity index (χ1) is 13.2. The van der Waals surface area contributed by atoms with Crippen LogP contribution in [0.15, 0.2) is 64.0 Å². The number of carbonyl (C=O) groups is 1. The van der Waals surface area contributed by atoms with Crippen molar-refractivity contribution >= 4 is 33.6 Å². The van der Waals surface area contributed by atoms with Crippen molar-refractivity contribution in [2.75, 3.05) is 31.9 Å². The highest BCUT2D eigenvalue weighted by Gasteiger charge is 2.28. The molecule has 1 aliphatic rings. The first-order valence-electron chi connectivity index (χ1n) is 9.62. The molecule has 1 saturated heterocycles. The molecule has 3 rings (SSSR count). The van der Waals surface area contributed by atoms with Crippen LogP contribution in [0.2, 0.25) is 0 Å². The Labute approximate surface area is 175 Å². The fraction of sp³-hybridized carbons (Fsp3) is 0.409. The van der Waals surface area contributed by atoms with E-state index in [-0.39, 0.29) is 11.9 Å². The second kappa shape index (κ2) is 10.3. The number of amides is 1. The number of nitrogens with zero attached hydrogens (tertiary/aromatic N) is 2. The quantitative estimate of drug-likeness (QED) is 0.544. The summed E-state index contributed by atoms with van der Waals surface area (Å²) in [7, 11) is 0. The summed E-state index contributed by atoms with van der Waals surface area (Å²) in [4.78, 5) is 18.7. The Bertz CT molecular complexity index is 723. The predicted octanol–water partition coefficient (Wildman–Crippen LogP) is 5.23. The molecule has 0 spiro atoms. The van der Waals surface area contributed by atoms with Crippen LogP contribution in [0.1, 0.15) is 31.4 Å². The van der Waals surface area contributed by atoms with Crippen LogP contribution in [-0.2, 0) is 4.79 Å². The van der Waals surface area contributed by atoms with Gasteiger partial charge in [0.05, 0.1) is 6.04 Å². The molecule has 1 amide bonds. The third kappa shape index (κ3) is 5.84. The van der Waals surface area contributed by atoms with Crippen molar-refractivity contribution < 1.29 is 4.79 Å². The number of benzene rings is 2. The molecule has 0 bridgehead atoms. The third-order valence-electron chi connectivity index (χ3n) is 4.94. The van der Waals surface area contributed by atoms with Crippen molar-refractivity contribution in [3.8, 4) is 0 Å². The van der Waals surface area contributed by atoms with E-state index in [0.29, 0.717) is 6.42 Å². The Kier molecular flexibility index (Phi) is 7.80. The van der Waals surface area contributed by atoms with Gasteiger partial charge in [-0.15, -0.1) is 11.8 Å². The highest BCUT2D eigenvalue weighted by molar-refractivity contribution is 9.10. The molecular formula is C22H27BrN2OS. The number of carbonyl (C=O) groups excluding carboxylic acids is 1. The Balaban J connectivity index is 1.77. The fourth-order valence-electron chi connectivity index (χ4n) is 3.50. The second-order valence-corrected chi connectivity index (χ2v) is 8.88. The van der Waals surface area contributed by atoms with Crippen molar-refractivity contribution in [2.45, 2.75) is 30.7 Å². The molecule has 0 radical (unpaired) electrons. The summed E-state index contributed by atoms with van der Waals surface area (Å²) in [6.45, 7) is 5.92. The van der Waals surface area contributed by atoms with Gasteiger partial charge in [-0.2, -0.15) is 0 Å². The summed E-state index contributed by atoms with van der Waals surface area (Å²) in [5, 5.41) is 0. The summed E-state index contributed by atoms with van der Waals surface area (Å²) < 4.78 is 1.09. The maximum absolute atomic E-state index is 12.9. The van der Waals surface area contributed by atoms with Crippen molar-refractivity contribution in [2.24, 2.45) is 0 Å². The topological polar surface area (TPSA) is 23.6 Å². The Morgan fingerprint density at radius 2 is 1.78 bits per heavy atom. The van der Waals surface area contributed by atoms with E-state index in [2.05, 4.69) is 81.2 Å². The van der Waals surface area contributed by atoms with E-state index < -0.39 is 0 Å². The lowest BCUT2D eigenvalue weighted by Crippen LogP contribution is -2.37. The van der Waals surface area contributed by atoms with Crippen molar-refractivity contribution in [3.63, 3.8) is 0 Å². The van der Waals surface area contributed by atoms with Crippen LogP contribution in [0.4, 0.5) is 0 Å². The average molecular weight is 447 g/mol. The Morgan fingerprint density at radius 3 is 2.48 bits per heavy atom. The molecule has 0 aliphatic carbocycles. The zero-order valence-corrected chi connectivity index (χ0v) is 18.2. The van der Waals surface area contributed by atoms with Crippen molar-refractivity contribution in [1.82, 2.24) is 9.80 Å². The molecule has 0 aromatic heterocycles. The summed E-state index contributed by atoms with van der Waals surface area (Å²) in [6, 6.07) is 19.0. The molecule has 27 heavy (non-hydrogen) atoms. The summed E-state index contributed by atoms with van der Waals surface area (Å²) in [5.74, 6) is 1.14. The number of thioether (sulfide) groups is 1. The van der Waals surface area contributed by atoms with Gasteiger partial charge in [-0.3, -0.25) is 4.79 Å². The molecule has 144 valence electrons. The Hall–Kier alpha value is -1.30. The largest absolute Gasteiger partial charge is 0.333 e. The molecule has 1 fully saturated rings. The van der Waals surface area contributed by atoms with Crippen LogP contribution in [0.3, 0.4) is 0 Å². The van der Waals surface area contributed by atoms with Crippen LogP contribution >= 0.6 is 27.7 Å². The average Bonchev–Trinajstić information content (AvgIpc) is 2.87. The minimum atomic E-state index is 0.105. The van der Waals surface area contributed by atoms with Gasteiger partial charge >= 0.3 is 0 Å². The molecule has 2 aromatic carbocycles. The second-order valence-electron chi connectivity index (χ2n) is 6.87. The zero-order chi connectivity index (χ0) is 19.1. The minimum Gasteiger partial charge on any atom is -0.333 e. The van der Waals surface area contributed by atoms with Gasteiger partial charge in [0, 0.05) is 41.2 Å². The van der Waals surface area contributed by atoms with Crippen LogP contribution in [0.5, 0.6) is 0 Å². The molecule has 3 nitrogen and oxygen atoms in total. The number of halogens is 1. The van der Waals surface area contributed by atoms with Crippen LogP contribution in [-0.4, -0.2) is 47.6 Å². The van der Waals surface area contributed by atoms with E-state index >= 15 is 0 Å². The highest BCUT2D eigenvalue weighted by atomic mass is 79.9. The molecule has 1 aliphatic heterocycles. The van der Waals surface area contributed by atoms with Crippen LogP contribution in [0, 0.1) is 0 Å². The van der Waals surface area contributed by atoms with Gasteiger partial charge in [0.2, 0.25) is 5.91 Å². The molecule has 0 saturated carbocycles. The zero-order valence-electron chi connectivity index (χ0n) is 15.8. The molecular weight excluding hydrogens is 420 g/mol.